The van der Waals surface area contributed by atoms with E-state index in [1.165, 1.54) is 11.1 Å². The highest BCUT2D eigenvalue weighted by atomic mass is 16.5. The van der Waals surface area contributed by atoms with E-state index < -0.39 is 0 Å². The predicted octanol–water partition coefficient (Wildman–Crippen LogP) is 3.77. The van der Waals surface area contributed by atoms with Crippen LogP contribution in [0.15, 0.2) is 54.6 Å². The summed E-state index contributed by atoms with van der Waals surface area (Å²) in [6.07, 6.45) is 4.24. The highest BCUT2D eigenvalue weighted by Gasteiger charge is 2.26. The van der Waals surface area contributed by atoms with Gasteiger partial charge in [-0.2, -0.15) is 0 Å². The number of amides is 1. The van der Waals surface area contributed by atoms with Crippen LogP contribution in [-0.2, 0) is 22.7 Å². The lowest BCUT2D eigenvalue weighted by Crippen LogP contribution is -2.42. The van der Waals surface area contributed by atoms with Crippen LogP contribution in [-0.4, -0.2) is 43.2 Å². The molecule has 2 fully saturated rings. The number of piperidine rings is 1. The molecule has 2 aromatic rings. The molecule has 4 rings (SSSR count). The van der Waals surface area contributed by atoms with Crippen molar-refractivity contribution in [2.24, 2.45) is 5.92 Å². The second-order valence-corrected chi connectivity index (χ2v) is 8.35. The Bertz CT molecular complexity index is 780. The highest BCUT2D eigenvalue weighted by molar-refractivity contribution is 5.78. The number of carbonyl (C=O) groups excluding carboxylic acids is 1. The summed E-state index contributed by atoms with van der Waals surface area (Å²) in [6, 6.07) is 18.6. The molecule has 0 aromatic heterocycles. The molecular formula is C25H32N2O3. The van der Waals surface area contributed by atoms with Gasteiger partial charge in [0.2, 0.25) is 5.91 Å². The number of likely N-dealkylation sites (tertiary alicyclic amines) is 1. The van der Waals surface area contributed by atoms with Gasteiger partial charge < -0.3 is 14.8 Å². The molecule has 1 amide bonds. The van der Waals surface area contributed by atoms with E-state index in [2.05, 4.69) is 34.5 Å². The van der Waals surface area contributed by atoms with Gasteiger partial charge in [0.15, 0.2) is 0 Å². The molecule has 1 atom stereocenters. The lowest BCUT2D eigenvalue weighted by Gasteiger charge is -2.31. The fourth-order valence-electron chi connectivity index (χ4n) is 4.21. The van der Waals surface area contributed by atoms with Gasteiger partial charge in [0, 0.05) is 25.6 Å². The van der Waals surface area contributed by atoms with Gasteiger partial charge in [-0.1, -0.05) is 42.5 Å². The van der Waals surface area contributed by atoms with Crippen LogP contribution < -0.4 is 10.1 Å². The Morgan fingerprint density at radius 2 is 1.77 bits per heavy atom. The van der Waals surface area contributed by atoms with Crippen LogP contribution in [0.3, 0.4) is 0 Å². The maximum atomic E-state index is 12.4. The first-order valence-electron chi connectivity index (χ1n) is 11.1. The molecule has 2 aliphatic heterocycles. The van der Waals surface area contributed by atoms with E-state index in [0.29, 0.717) is 13.2 Å². The Morgan fingerprint density at radius 3 is 2.47 bits per heavy atom. The van der Waals surface area contributed by atoms with Crippen molar-refractivity contribution >= 4 is 5.91 Å². The first-order valence-corrected chi connectivity index (χ1v) is 11.1. The molecule has 2 aliphatic rings. The van der Waals surface area contributed by atoms with Gasteiger partial charge in [0.05, 0.1) is 6.10 Å². The first kappa shape index (κ1) is 20.9. The van der Waals surface area contributed by atoms with Crippen molar-refractivity contribution in [1.29, 1.82) is 0 Å². The lowest BCUT2D eigenvalue weighted by atomic mass is 9.95. The van der Waals surface area contributed by atoms with E-state index in [1.54, 1.807) is 0 Å². The van der Waals surface area contributed by atoms with Crippen LogP contribution >= 0.6 is 0 Å². The third-order valence-electron chi connectivity index (χ3n) is 6.06. The molecule has 5 nitrogen and oxygen atoms in total. The van der Waals surface area contributed by atoms with Gasteiger partial charge in [0.1, 0.15) is 12.4 Å². The standard InChI is InChI=1S/C25H32N2O3/c28-25(26-17-24-7-4-16-29-24)22-12-14-27(15-13-22)18-20-8-10-23(11-9-20)30-19-21-5-2-1-3-6-21/h1-3,5-6,8-11,22,24H,4,7,12-19H2,(H,26,28)/t24-/m0/s1. The van der Waals surface area contributed by atoms with Gasteiger partial charge in [-0.05, 0) is 62.0 Å². The third kappa shape index (κ3) is 6.07. The number of hydrogen-bond acceptors (Lipinski definition) is 4. The molecular weight excluding hydrogens is 376 g/mol. The van der Waals surface area contributed by atoms with Gasteiger partial charge in [-0.15, -0.1) is 0 Å². The zero-order valence-corrected chi connectivity index (χ0v) is 17.6. The van der Waals surface area contributed by atoms with Crippen molar-refractivity contribution in [3.05, 3.63) is 65.7 Å². The largest absolute Gasteiger partial charge is 0.489 e. The Kier molecular flexibility index (Phi) is 7.38. The van der Waals surface area contributed by atoms with Crippen molar-refractivity contribution in [1.82, 2.24) is 10.2 Å². The zero-order valence-electron chi connectivity index (χ0n) is 17.6. The summed E-state index contributed by atoms with van der Waals surface area (Å²) in [7, 11) is 0. The number of hydrogen-bond donors (Lipinski definition) is 1. The summed E-state index contributed by atoms with van der Waals surface area (Å²) in [5, 5.41) is 3.09. The maximum Gasteiger partial charge on any atom is 0.223 e. The minimum absolute atomic E-state index is 0.136. The van der Waals surface area contributed by atoms with Gasteiger partial charge in [-0.3, -0.25) is 9.69 Å². The topological polar surface area (TPSA) is 50.8 Å². The fourth-order valence-corrected chi connectivity index (χ4v) is 4.21. The van der Waals surface area contributed by atoms with Crippen molar-refractivity contribution in [2.45, 2.75) is 44.9 Å². The predicted molar refractivity (Wildman–Crippen MR) is 117 cm³/mol. The number of nitrogens with zero attached hydrogens (tertiary/aromatic N) is 1. The van der Waals surface area contributed by atoms with Crippen LogP contribution in [0.4, 0.5) is 0 Å². The fraction of sp³-hybridized carbons (Fsp3) is 0.480. The van der Waals surface area contributed by atoms with Crippen LogP contribution in [0.2, 0.25) is 0 Å². The first-order chi connectivity index (χ1) is 14.8. The summed E-state index contributed by atoms with van der Waals surface area (Å²) >= 11 is 0. The monoisotopic (exact) mass is 408 g/mol. The van der Waals surface area contributed by atoms with Crippen LogP contribution in [0.1, 0.15) is 36.8 Å². The molecule has 0 radical (unpaired) electrons. The molecule has 5 heteroatoms. The van der Waals surface area contributed by atoms with Crippen LogP contribution in [0.5, 0.6) is 5.75 Å². The summed E-state index contributed by atoms with van der Waals surface area (Å²) in [5.41, 5.74) is 2.45. The minimum Gasteiger partial charge on any atom is -0.489 e. The zero-order chi connectivity index (χ0) is 20.6. The molecule has 30 heavy (non-hydrogen) atoms. The average molecular weight is 409 g/mol. The van der Waals surface area contributed by atoms with Crippen molar-refractivity contribution in [3.63, 3.8) is 0 Å². The summed E-state index contributed by atoms with van der Waals surface area (Å²) in [5.74, 6) is 1.23. The molecule has 0 unspecified atom stereocenters. The van der Waals surface area contributed by atoms with Crippen molar-refractivity contribution in [3.8, 4) is 5.75 Å². The van der Waals surface area contributed by atoms with E-state index in [-0.39, 0.29) is 17.9 Å². The average Bonchev–Trinajstić information content (AvgIpc) is 3.32. The Balaban J connectivity index is 1.17. The van der Waals surface area contributed by atoms with Gasteiger partial charge in [0.25, 0.3) is 0 Å². The highest BCUT2D eigenvalue weighted by Crippen LogP contribution is 2.21. The minimum atomic E-state index is 0.136. The van der Waals surface area contributed by atoms with Gasteiger partial charge >= 0.3 is 0 Å². The normalized spacial score (nSPS) is 20.2. The maximum absolute atomic E-state index is 12.4. The van der Waals surface area contributed by atoms with E-state index in [0.717, 1.165) is 57.7 Å². The number of rotatable bonds is 8. The lowest BCUT2D eigenvalue weighted by molar-refractivity contribution is -0.127. The quantitative estimate of drug-likeness (QED) is 0.722. The number of benzene rings is 2. The summed E-state index contributed by atoms with van der Waals surface area (Å²) < 4.78 is 11.5. The second kappa shape index (κ2) is 10.6. The van der Waals surface area contributed by atoms with E-state index in [4.69, 9.17) is 9.47 Å². The van der Waals surface area contributed by atoms with Gasteiger partial charge in [-0.25, -0.2) is 0 Å². The molecule has 0 bridgehead atoms. The summed E-state index contributed by atoms with van der Waals surface area (Å²) in [6.45, 7) is 4.93. The second-order valence-electron chi connectivity index (χ2n) is 8.35. The molecule has 0 aliphatic carbocycles. The molecule has 2 aromatic carbocycles. The molecule has 1 N–H and O–H groups in total. The Labute approximate surface area is 179 Å². The third-order valence-corrected chi connectivity index (χ3v) is 6.06. The number of ether oxygens (including phenoxy) is 2. The Morgan fingerprint density at radius 1 is 1.00 bits per heavy atom. The van der Waals surface area contributed by atoms with E-state index >= 15 is 0 Å². The number of nitrogens with one attached hydrogen (secondary N) is 1. The SMILES string of the molecule is O=C(NC[C@@H]1CCCO1)C1CCN(Cc2ccc(OCc3ccccc3)cc2)CC1. The molecule has 2 heterocycles. The van der Waals surface area contributed by atoms with Crippen molar-refractivity contribution in [2.75, 3.05) is 26.2 Å². The number of carbonyl (C=O) groups is 1. The van der Waals surface area contributed by atoms with E-state index in [9.17, 15) is 4.79 Å². The van der Waals surface area contributed by atoms with E-state index in [1.807, 2.05) is 30.3 Å². The van der Waals surface area contributed by atoms with Crippen LogP contribution in [0, 0.1) is 5.92 Å². The summed E-state index contributed by atoms with van der Waals surface area (Å²) in [4.78, 5) is 14.9. The van der Waals surface area contributed by atoms with Crippen LogP contribution in [0.25, 0.3) is 0 Å². The molecule has 160 valence electrons. The Hall–Kier alpha value is -2.37. The molecule has 0 spiro atoms. The molecule has 0 saturated carbocycles. The van der Waals surface area contributed by atoms with Crippen molar-refractivity contribution < 1.29 is 14.3 Å². The molecule has 2 saturated heterocycles. The smallest absolute Gasteiger partial charge is 0.223 e.